The van der Waals surface area contributed by atoms with Crippen molar-refractivity contribution >= 4 is 11.9 Å². The summed E-state index contributed by atoms with van der Waals surface area (Å²) in [5, 5.41) is 8.83. The van der Waals surface area contributed by atoms with Crippen molar-refractivity contribution < 1.29 is 19.4 Å². The molecule has 0 aromatic rings. The summed E-state index contributed by atoms with van der Waals surface area (Å²) in [5.74, 6) is -0.707. The number of hydrogen-bond donors (Lipinski definition) is 1. The number of ether oxygens (including phenoxy) is 1. The summed E-state index contributed by atoms with van der Waals surface area (Å²) in [6.07, 6.45) is 54.0. The highest BCUT2D eigenvalue weighted by Gasteiger charge is 2.14. The van der Waals surface area contributed by atoms with Gasteiger partial charge in [0.2, 0.25) is 0 Å². The van der Waals surface area contributed by atoms with E-state index >= 15 is 0 Å². The lowest BCUT2D eigenvalue weighted by molar-refractivity contribution is -0.150. The number of unbranched alkanes of at least 4 members (excludes halogenated alkanes) is 32. The molecule has 0 saturated heterocycles. The monoisotopic (exact) mass is 719 g/mol. The Labute approximate surface area is 319 Å². The molecule has 0 spiro atoms. The predicted octanol–water partition coefficient (Wildman–Crippen LogP) is 16.2. The zero-order chi connectivity index (χ0) is 37.1. The molecule has 0 fully saturated rings. The van der Waals surface area contributed by atoms with Crippen molar-refractivity contribution in [3.63, 3.8) is 0 Å². The number of carbonyl (C=O) groups excluding carboxylic acids is 1. The van der Waals surface area contributed by atoms with Gasteiger partial charge in [-0.1, -0.05) is 212 Å². The number of carboxylic acid groups (broad SMARTS) is 1. The molecule has 1 atom stereocenters. The molecule has 0 aliphatic heterocycles. The highest BCUT2D eigenvalue weighted by Crippen LogP contribution is 2.19. The van der Waals surface area contributed by atoms with E-state index in [1.807, 2.05) is 0 Å². The summed E-state index contributed by atoms with van der Waals surface area (Å²) in [4.78, 5) is 23.4. The molecular formula is C47H90O4. The summed E-state index contributed by atoms with van der Waals surface area (Å²) in [5.41, 5.74) is 0. The van der Waals surface area contributed by atoms with E-state index in [2.05, 4.69) is 26.0 Å². The van der Waals surface area contributed by atoms with Gasteiger partial charge >= 0.3 is 11.9 Å². The molecule has 0 rings (SSSR count). The van der Waals surface area contributed by atoms with E-state index in [0.29, 0.717) is 6.42 Å². The first-order valence-corrected chi connectivity index (χ1v) is 23.2. The van der Waals surface area contributed by atoms with Gasteiger partial charge in [0.1, 0.15) is 6.10 Å². The average Bonchev–Trinajstić information content (AvgIpc) is 3.12. The molecular weight excluding hydrogens is 629 g/mol. The van der Waals surface area contributed by atoms with E-state index in [1.54, 1.807) is 0 Å². The van der Waals surface area contributed by atoms with Gasteiger partial charge in [0.25, 0.3) is 0 Å². The molecule has 302 valence electrons. The number of allylic oxidation sites excluding steroid dienone is 2. The van der Waals surface area contributed by atoms with Gasteiger partial charge in [-0.2, -0.15) is 0 Å². The van der Waals surface area contributed by atoms with Crippen molar-refractivity contribution in [2.45, 2.75) is 277 Å². The highest BCUT2D eigenvalue weighted by atomic mass is 16.5. The fraction of sp³-hybridized carbons (Fsp3) is 0.915. The van der Waals surface area contributed by atoms with Crippen molar-refractivity contribution in [3.8, 4) is 0 Å². The fourth-order valence-electron chi connectivity index (χ4n) is 7.31. The zero-order valence-corrected chi connectivity index (χ0v) is 34.7. The van der Waals surface area contributed by atoms with Crippen molar-refractivity contribution in [1.29, 1.82) is 0 Å². The number of carboxylic acids is 1. The molecule has 0 heterocycles. The minimum Gasteiger partial charge on any atom is -0.481 e. The molecule has 0 aliphatic carbocycles. The minimum atomic E-state index is -0.700. The first-order chi connectivity index (χ1) is 25.1. The first kappa shape index (κ1) is 49.7. The molecule has 0 aliphatic rings. The number of esters is 1. The van der Waals surface area contributed by atoms with Gasteiger partial charge in [0.05, 0.1) is 0 Å². The van der Waals surface area contributed by atoms with Gasteiger partial charge in [-0.25, -0.2) is 0 Å². The number of carbonyl (C=O) groups is 2. The maximum Gasteiger partial charge on any atom is 0.306 e. The Hall–Kier alpha value is -1.32. The Balaban J connectivity index is 3.85. The van der Waals surface area contributed by atoms with E-state index in [4.69, 9.17) is 9.84 Å². The van der Waals surface area contributed by atoms with Crippen LogP contribution in [0.15, 0.2) is 12.2 Å². The van der Waals surface area contributed by atoms with Crippen LogP contribution in [-0.2, 0) is 14.3 Å². The lowest BCUT2D eigenvalue weighted by Gasteiger charge is -2.18. The van der Waals surface area contributed by atoms with Crippen LogP contribution < -0.4 is 0 Å². The van der Waals surface area contributed by atoms with E-state index < -0.39 is 5.97 Å². The Morgan fingerprint density at radius 2 is 0.725 bits per heavy atom. The maximum atomic E-state index is 12.7. The van der Waals surface area contributed by atoms with E-state index in [-0.39, 0.29) is 18.5 Å². The van der Waals surface area contributed by atoms with Crippen LogP contribution in [0.2, 0.25) is 0 Å². The second kappa shape index (κ2) is 43.1. The molecule has 1 unspecified atom stereocenters. The van der Waals surface area contributed by atoms with Gasteiger partial charge in [-0.15, -0.1) is 0 Å². The summed E-state index contributed by atoms with van der Waals surface area (Å²) in [6.45, 7) is 4.56. The van der Waals surface area contributed by atoms with Gasteiger partial charge in [0.15, 0.2) is 0 Å². The predicted molar refractivity (Wildman–Crippen MR) is 223 cm³/mol. The average molecular weight is 719 g/mol. The zero-order valence-electron chi connectivity index (χ0n) is 34.7. The van der Waals surface area contributed by atoms with Crippen LogP contribution in [0.4, 0.5) is 0 Å². The van der Waals surface area contributed by atoms with Crippen molar-refractivity contribution in [1.82, 2.24) is 0 Å². The third kappa shape index (κ3) is 43.0. The molecule has 0 amide bonds. The Bertz CT molecular complexity index is 732. The van der Waals surface area contributed by atoms with Crippen LogP contribution in [0.3, 0.4) is 0 Å². The largest absolute Gasteiger partial charge is 0.481 e. The second-order valence-corrected chi connectivity index (χ2v) is 15.9. The Morgan fingerprint density at radius 1 is 0.412 bits per heavy atom. The van der Waals surface area contributed by atoms with E-state index in [1.165, 1.54) is 173 Å². The normalized spacial score (nSPS) is 12.2. The molecule has 4 nitrogen and oxygen atoms in total. The van der Waals surface area contributed by atoms with E-state index in [0.717, 1.165) is 70.6 Å². The van der Waals surface area contributed by atoms with Gasteiger partial charge in [-0.3, -0.25) is 9.59 Å². The number of rotatable bonds is 43. The first-order valence-electron chi connectivity index (χ1n) is 23.2. The van der Waals surface area contributed by atoms with Crippen LogP contribution in [0, 0.1) is 0 Å². The summed E-state index contributed by atoms with van der Waals surface area (Å²) >= 11 is 0. The second-order valence-electron chi connectivity index (χ2n) is 15.9. The SMILES string of the molecule is CCCCCCCC/C=C\CCCC(CCCCCCCC(=O)O)OC(=O)CCCCCCCCCCCCCCCCCCCCCCCC. The molecule has 0 radical (unpaired) electrons. The molecule has 1 N–H and O–H groups in total. The number of hydrogen-bond acceptors (Lipinski definition) is 3. The lowest BCUT2D eigenvalue weighted by atomic mass is 10.0. The van der Waals surface area contributed by atoms with Crippen LogP contribution in [0.1, 0.15) is 271 Å². The highest BCUT2D eigenvalue weighted by molar-refractivity contribution is 5.69. The smallest absolute Gasteiger partial charge is 0.306 e. The minimum absolute atomic E-state index is 0.00626. The quantitative estimate of drug-likeness (QED) is 0.0387. The lowest BCUT2D eigenvalue weighted by Crippen LogP contribution is -2.18. The molecule has 0 bridgehead atoms. The standard InChI is InChI=1S/C47H90O4/c1-3-5-7-9-11-13-15-16-17-18-19-20-21-22-23-24-25-27-29-31-36-40-44-47(50)51-45(42-38-34-32-35-39-43-46(48)49)41-37-33-30-28-26-14-12-10-8-6-4-2/h28,30,45H,3-27,29,31-44H2,1-2H3,(H,48,49)/b30-28-. The summed E-state index contributed by atoms with van der Waals surface area (Å²) < 4.78 is 6.01. The van der Waals surface area contributed by atoms with Gasteiger partial charge < -0.3 is 9.84 Å². The third-order valence-electron chi connectivity index (χ3n) is 10.7. The molecule has 4 heteroatoms. The Kier molecular flexibility index (Phi) is 42.0. The molecule has 51 heavy (non-hydrogen) atoms. The van der Waals surface area contributed by atoms with Crippen molar-refractivity contribution in [3.05, 3.63) is 12.2 Å². The summed E-state index contributed by atoms with van der Waals surface area (Å²) in [7, 11) is 0. The molecule has 0 aromatic heterocycles. The van der Waals surface area contributed by atoms with Crippen molar-refractivity contribution in [2.75, 3.05) is 0 Å². The van der Waals surface area contributed by atoms with Crippen LogP contribution in [0.5, 0.6) is 0 Å². The third-order valence-corrected chi connectivity index (χ3v) is 10.7. The maximum absolute atomic E-state index is 12.7. The Morgan fingerprint density at radius 3 is 1.14 bits per heavy atom. The molecule has 0 aromatic carbocycles. The topological polar surface area (TPSA) is 63.6 Å². The van der Waals surface area contributed by atoms with Gasteiger partial charge in [-0.05, 0) is 57.8 Å². The van der Waals surface area contributed by atoms with E-state index in [9.17, 15) is 9.59 Å². The number of aliphatic carboxylic acids is 1. The van der Waals surface area contributed by atoms with Crippen LogP contribution in [-0.4, -0.2) is 23.1 Å². The van der Waals surface area contributed by atoms with Crippen molar-refractivity contribution in [2.24, 2.45) is 0 Å². The van der Waals surface area contributed by atoms with Crippen LogP contribution >= 0.6 is 0 Å². The molecule has 0 saturated carbocycles. The van der Waals surface area contributed by atoms with Crippen LogP contribution in [0.25, 0.3) is 0 Å². The van der Waals surface area contributed by atoms with Gasteiger partial charge in [0, 0.05) is 12.8 Å². The summed E-state index contributed by atoms with van der Waals surface area (Å²) in [6, 6.07) is 0. The fourth-order valence-corrected chi connectivity index (χ4v) is 7.31.